The van der Waals surface area contributed by atoms with Gasteiger partial charge >= 0.3 is 0 Å². The second-order valence-corrected chi connectivity index (χ2v) is 6.72. The molecule has 2 aromatic rings. The highest BCUT2D eigenvalue weighted by atomic mass is 32.1. The SMILES string of the molecule is c1nc(N2CCCCC2)c2c3c(sc2n1)CCCC3. The second kappa shape index (κ2) is 4.75. The Morgan fingerprint density at radius 3 is 2.68 bits per heavy atom. The predicted octanol–water partition coefficient (Wildman–Crippen LogP) is 3.56. The molecule has 0 aromatic carbocycles. The normalized spacial score (nSPS) is 19.7. The van der Waals surface area contributed by atoms with E-state index in [1.807, 2.05) is 11.3 Å². The van der Waals surface area contributed by atoms with Crippen molar-refractivity contribution in [1.29, 1.82) is 0 Å². The number of hydrogen-bond acceptors (Lipinski definition) is 4. The largest absolute Gasteiger partial charge is 0.356 e. The van der Waals surface area contributed by atoms with Crippen LogP contribution in [0.2, 0.25) is 0 Å². The Bertz CT molecular complexity index is 599. The fourth-order valence-corrected chi connectivity index (χ4v) is 4.64. The summed E-state index contributed by atoms with van der Waals surface area (Å²) in [6, 6.07) is 0. The summed E-state index contributed by atoms with van der Waals surface area (Å²) in [5.74, 6) is 1.21. The molecule has 0 N–H and O–H groups in total. The maximum atomic E-state index is 4.63. The molecule has 4 heteroatoms. The first-order valence-corrected chi connectivity index (χ1v) is 8.25. The minimum Gasteiger partial charge on any atom is -0.356 e. The molecule has 2 aliphatic rings. The summed E-state index contributed by atoms with van der Waals surface area (Å²) in [6.45, 7) is 2.33. The number of rotatable bonds is 1. The first kappa shape index (κ1) is 11.6. The molecular weight excluding hydrogens is 254 g/mol. The molecule has 1 aliphatic heterocycles. The molecule has 2 aromatic heterocycles. The first-order chi connectivity index (χ1) is 9.43. The molecule has 0 unspecified atom stereocenters. The van der Waals surface area contributed by atoms with Crippen molar-refractivity contribution in [3.8, 4) is 0 Å². The van der Waals surface area contributed by atoms with Gasteiger partial charge in [0.25, 0.3) is 0 Å². The van der Waals surface area contributed by atoms with Crippen molar-refractivity contribution in [3.05, 3.63) is 16.8 Å². The molecule has 100 valence electrons. The van der Waals surface area contributed by atoms with Crippen LogP contribution in [0.3, 0.4) is 0 Å². The average Bonchev–Trinajstić information content (AvgIpc) is 2.86. The summed E-state index contributed by atoms with van der Waals surface area (Å²) in [6.07, 6.45) is 10.9. The van der Waals surface area contributed by atoms with Gasteiger partial charge in [-0.3, -0.25) is 0 Å². The third-order valence-electron chi connectivity index (χ3n) is 4.39. The van der Waals surface area contributed by atoms with Gasteiger partial charge in [0.2, 0.25) is 0 Å². The lowest BCUT2D eigenvalue weighted by molar-refractivity contribution is 0.574. The van der Waals surface area contributed by atoms with E-state index in [4.69, 9.17) is 0 Å². The van der Waals surface area contributed by atoms with Crippen LogP contribution < -0.4 is 4.90 Å². The Balaban J connectivity index is 1.87. The van der Waals surface area contributed by atoms with Crippen LogP contribution in [0.25, 0.3) is 10.2 Å². The summed E-state index contributed by atoms with van der Waals surface area (Å²) >= 11 is 1.90. The van der Waals surface area contributed by atoms with Crippen LogP contribution in [-0.4, -0.2) is 23.1 Å². The van der Waals surface area contributed by atoms with Crippen molar-refractivity contribution in [2.24, 2.45) is 0 Å². The van der Waals surface area contributed by atoms with Crippen molar-refractivity contribution < 1.29 is 0 Å². The summed E-state index contributed by atoms with van der Waals surface area (Å²) in [4.78, 5) is 14.4. The van der Waals surface area contributed by atoms with Gasteiger partial charge in [0.1, 0.15) is 17.0 Å². The van der Waals surface area contributed by atoms with E-state index in [0.29, 0.717) is 0 Å². The second-order valence-electron chi connectivity index (χ2n) is 5.64. The van der Waals surface area contributed by atoms with Gasteiger partial charge in [-0.15, -0.1) is 11.3 Å². The standard InChI is InChI=1S/C15H19N3S/c1-4-8-18(9-5-1)14-13-11-6-2-3-7-12(11)19-15(13)17-10-16-14/h10H,1-9H2. The molecule has 0 spiro atoms. The maximum Gasteiger partial charge on any atom is 0.141 e. The molecule has 0 atom stereocenters. The molecule has 1 fully saturated rings. The molecule has 0 bridgehead atoms. The van der Waals surface area contributed by atoms with Crippen LogP contribution in [-0.2, 0) is 12.8 Å². The number of fused-ring (bicyclic) bond motifs is 3. The maximum absolute atomic E-state index is 4.63. The lowest BCUT2D eigenvalue weighted by Gasteiger charge is -2.28. The molecule has 19 heavy (non-hydrogen) atoms. The van der Waals surface area contributed by atoms with Gasteiger partial charge in [0, 0.05) is 18.0 Å². The zero-order valence-electron chi connectivity index (χ0n) is 11.2. The number of piperidine rings is 1. The fourth-order valence-electron chi connectivity index (χ4n) is 3.42. The predicted molar refractivity (Wildman–Crippen MR) is 80.1 cm³/mol. The van der Waals surface area contributed by atoms with Crippen LogP contribution in [0.5, 0.6) is 0 Å². The number of nitrogens with zero attached hydrogens (tertiary/aromatic N) is 3. The molecular formula is C15H19N3S. The van der Waals surface area contributed by atoms with Crippen molar-refractivity contribution >= 4 is 27.4 Å². The van der Waals surface area contributed by atoms with Gasteiger partial charge in [-0.25, -0.2) is 9.97 Å². The van der Waals surface area contributed by atoms with E-state index >= 15 is 0 Å². The zero-order chi connectivity index (χ0) is 12.7. The van der Waals surface area contributed by atoms with Crippen LogP contribution in [0.1, 0.15) is 42.5 Å². The first-order valence-electron chi connectivity index (χ1n) is 7.44. The quantitative estimate of drug-likeness (QED) is 0.795. The van der Waals surface area contributed by atoms with Gasteiger partial charge < -0.3 is 4.90 Å². The van der Waals surface area contributed by atoms with E-state index in [-0.39, 0.29) is 0 Å². The molecule has 1 aliphatic carbocycles. The highest BCUT2D eigenvalue weighted by Crippen LogP contribution is 2.39. The minimum absolute atomic E-state index is 1.16. The molecule has 4 rings (SSSR count). The van der Waals surface area contributed by atoms with Crippen LogP contribution >= 0.6 is 11.3 Å². The van der Waals surface area contributed by atoms with Gasteiger partial charge in [0.05, 0.1) is 5.39 Å². The molecule has 0 radical (unpaired) electrons. The number of aromatic nitrogens is 2. The minimum atomic E-state index is 1.16. The summed E-state index contributed by atoms with van der Waals surface area (Å²) < 4.78 is 0. The number of anilines is 1. The Kier molecular flexibility index (Phi) is 2.91. The molecule has 0 saturated carbocycles. The Labute approximate surface area is 117 Å². The summed E-state index contributed by atoms with van der Waals surface area (Å²) in [7, 11) is 0. The van der Waals surface area contributed by atoms with Crippen molar-refractivity contribution in [2.45, 2.75) is 44.9 Å². The van der Waals surface area contributed by atoms with E-state index in [0.717, 1.165) is 13.1 Å². The highest BCUT2D eigenvalue weighted by Gasteiger charge is 2.23. The number of hydrogen-bond donors (Lipinski definition) is 0. The van der Waals surface area contributed by atoms with Gasteiger partial charge in [-0.1, -0.05) is 0 Å². The molecule has 0 amide bonds. The van der Waals surface area contributed by atoms with Crippen LogP contribution in [0.4, 0.5) is 5.82 Å². The van der Waals surface area contributed by atoms with Gasteiger partial charge in [-0.05, 0) is 50.5 Å². The third kappa shape index (κ3) is 1.93. The van der Waals surface area contributed by atoms with E-state index < -0.39 is 0 Å². The Morgan fingerprint density at radius 1 is 0.947 bits per heavy atom. The average molecular weight is 273 g/mol. The van der Waals surface area contributed by atoms with Crippen LogP contribution in [0, 0.1) is 0 Å². The van der Waals surface area contributed by atoms with E-state index in [1.54, 1.807) is 16.8 Å². The third-order valence-corrected chi connectivity index (χ3v) is 5.59. The van der Waals surface area contributed by atoms with Gasteiger partial charge in [0.15, 0.2) is 0 Å². The smallest absolute Gasteiger partial charge is 0.141 e. The van der Waals surface area contributed by atoms with Crippen molar-refractivity contribution in [1.82, 2.24) is 9.97 Å². The fraction of sp³-hybridized carbons (Fsp3) is 0.600. The van der Waals surface area contributed by atoms with E-state index in [2.05, 4.69) is 14.9 Å². The molecule has 3 nitrogen and oxygen atoms in total. The monoisotopic (exact) mass is 273 g/mol. The topological polar surface area (TPSA) is 29.0 Å². The summed E-state index contributed by atoms with van der Waals surface area (Å²) in [5, 5.41) is 1.38. The van der Waals surface area contributed by atoms with Crippen LogP contribution in [0.15, 0.2) is 6.33 Å². The number of thiophene rings is 1. The Morgan fingerprint density at radius 2 is 1.79 bits per heavy atom. The van der Waals surface area contributed by atoms with Gasteiger partial charge in [-0.2, -0.15) is 0 Å². The number of aryl methyl sites for hydroxylation is 2. The van der Waals surface area contributed by atoms with Crippen molar-refractivity contribution in [2.75, 3.05) is 18.0 Å². The summed E-state index contributed by atoms with van der Waals surface area (Å²) in [5.41, 5.74) is 1.56. The Hall–Kier alpha value is -1.16. The highest BCUT2D eigenvalue weighted by molar-refractivity contribution is 7.19. The lowest BCUT2D eigenvalue weighted by Crippen LogP contribution is -2.30. The van der Waals surface area contributed by atoms with E-state index in [9.17, 15) is 0 Å². The van der Waals surface area contributed by atoms with Crippen molar-refractivity contribution in [3.63, 3.8) is 0 Å². The molecule has 3 heterocycles. The zero-order valence-corrected chi connectivity index (χ0v) is 12.0. The molecule has 1 saturated heterocycles. The lowest BCUT2D eigenvalue weighted by atomic mass is 9.96. The van der Waals surface area contributed by atoms with E-state index in [1.165, 1.54) is 61.0 Å².